The van der Waals surface area contributed by atoms with E-state index in [9.17, 15) is 13.6 Å². The van der Waals surface area contributed by atoms with Gasteiger partial charge in [-0.1, -0.05) is 30.3 Å². The van der Waals surface area contributed by atoms with E-state index in [1.54, 1.807) is 23.5 Å². The summed E-state index contributed by atoms with van der Waals surface area (Å²) < 4.78 is 42.1. The van der Waals surface area contributed by atoms with Crippen molar-refractivity contribution in [3.63, 3.8) is 0 Å². The molecule has 170 valence electrons. The number of aromatic nitrogens is 4. The Balaban J connectivity index is 1.63. The average Bonchev–Trinajstić information content (AvgIpc) is 3.25. The van der Waals surface area contributed by atoms with Gasteiger partial charge in [0.1, 0.15) is 18.3 Å². The van der Waals surface area contributed by atoms with E-state index in [4.69, 9.17) is 9.47 Å². The first-order chi connectivity index (χ1) is 16.1. The molecule has 0 aliphatic heterocycles. The molecule has 0 radical (unpaired) electrons. The number of esters is 1. The van der Waals surface area contributed by atoms with Crippen LogP contribution in [0.1, 0.15) is 18.4 Å². The van der Waals surface area contributed by atoms with E-state index in [-0.39, 0.29) is 19.0 Å². The summed E-state index contributed by atoms with van der Waals surface area (Å²) in [5.74, 6) is -0.292. The van der Waals surface area contributed by atoms with Crippen LogP contribution in [0.15, 0.2) is 67.0 Å². The predicted octanol–water partition coefficient (Wildman–Crippen LogP) is 4.12. The maximum Gasteiger partial charge on any atom is 0.387 e. The van der Waals surface area contributed by atoms with E-state index in [1.165, 1.54) is 24.5 Å². The highest BCUT2D eigenvalue weighted by Gasteiger charge is 2.24. The molecular formula is C23H20F2N4O4. The molecule has 0 spiro atoms. The van der Waals surface area contributed by atoms with Crippen molar-refractivity contribution in [1.29, 1.82) is 0 Å². The molecule has 0 saturated heterocycles. The Labute approximate surface area is 187 Å². The first-order valence-electron chi connectivity index (χ1n) is 10.2. The van der Waals surface area contributed by atoms with Gasteiger partial charge in [-0.25, -0.2) is 4.40 Å². The highest BCUT2D eigenvalue weighted by molar-refractivity contribution is 5.78. The fourth-order valence-electron chi connectivity index (χ4n) is 3.29. The summed E-state index contributed by atoms with van der Waals surface area (Å²) in [6.07, 6.45) is 3.00. The van der Waals surface area contributed by atoms with Gasteiger partial charge in [0.15, 0.2) is 11.5 Å². The van der Waals surface area contributed by atoms with Gasteiger partial charge in [-0.05, 0) is 36.8 Å². The molecule has 2 aromatic heterocycles. The molecule has 0 bridgehead atoms. The van der Waals surface area contributed by atoms with E-state index < -0.39 is 18.5 Å². The van der Waals surface area contributed by atoms with Crippen LogP contribution >= 0.6 is 0 Å². The lowest BCUT2D eigenvalue weighted by Gasteiger charge is -2.17. The van der Waals surface area contributed by atoms with Gasteiger partial charge < -0.3 is 14.2 Å². The van der Waals surface area contributed by atoms with E-state index in [1.807, 2.05) is 30.3 Å². The van der Waals surface area contributed by atoms with Crippen molar-refractivity contribution in [3.05, 3.63) is 72.6 Å². The maximum absolute atomic E-state index is 12.6. The Morgan fingerprint density at radius 2 is 1.79 bits per heavy atom. The molecule has 10 heteroatoms. The molecule has 4 rings (SSSR count). The molecule has 0 aliphatic rings. The van der Waals surface area contributed by atoms with Gasteiger partial charge in [-0.2, -0.15) is 8.78 Å². The Morgan fingerprint density at radius 1 is 1.03 bits per heavy atom. The number of nitrogens with zero attached hydrogens (tertiary/aromatic N) is 4. The van der Waals surface area contributed by atoms with Gasteiger partial charge in [0.2, 0.25) is 5.88 Å². The predicted molar refractivity (Wildman–Crippen MR) is 114 cm³/mol. The van der Waals surface area contributed by atoms with E-state index in [0.29, 0.717) is 22.9 Å². The minimum absolute atomic E-state index is 0.00241. The van der Waals surface area contributed by atoms with Crippen molar-refractivity contribution in [2.24, 2.45) is 0 Å². The van der Waals surface area contributed by atoms with Crippen LogP contribution < -0.4 is 9.47 Å². The molecule has 8 nitrogen and oxygen atoms in total. The Morgan fingerprint density at radius 3 is 2.48 bits per heavy atom. The summed E-state index contributed by atoms with van der Waals surface area (Å²) in [4.78, 5) is 16.7. The van der Waals surface area contributed by atoms with Crippen molar-refractivity contribution < 1.29 is 27.8 Å². The molecule has 4 aromatic rings. The maximum atomic E-state index is 12.6. The van der Waals surface area contributed by atoms with Crippen LogP contribution in [0.4, 0.5) is 8.78 Å². The summed E-state index contributed by atoms with van der Waals surface area (Å²) in [7, 11) is 0. The van der Waals surface area contributed by atoms with Gasteiger partial charge in [0.25, 0.3) is 0 Å². The molecule has 0 aliphatic carbocycles. The second-order valence-corrected chi connectivity index (χ2v) is 6.89. The third-order valence-corrected chi connectivity index (χ3v) is 4.79. The zero-order chi connectivity index (χ0) is 23.2. The summed E-state index contributed by atoms with van der Waals surface area (Å²) >= 11 is 0. The summed E-state index contributed by atoms with van der Waals surface area (Å²) in [6.45, 7) is -0.914. The van der Waals surface area contributed by atoms with Crippen molar-refractivity contribution >= 4 is 11.6 Å². The molecule has 0 saturated carbocycles. The Bertz CT molecular complexity index is 1220. The number of rotatable bonds is 9. The molecule has 2 heterocycles. The quantitative estimate of drug-likeness (QED) is 0.352. The van der Waals surface area contributed by atoms with Gasteiger partial charge in [-0.3, -0.25) is 9.78 Å². The van der Waals surface area contributed by atoms with E-state index in [2.05, 4.69) is 19.9 Å². The number of hydrogen-bond donors (Lipinski definition) is 0. The van der Waals surface area contributed by atoms with Crippen molar-refractivity contribution in [1.82, 2.24) is 19.6 Å². The minimum atomic E-state index is -2.91. The minimum Gasteiger partial charge on any atom is -0.476 e. The van der Waals surface area contributed by atoms with Crippen molar-refractivity contribution in [3.8, 4) is 23.0 Å². The van der Waals surface area contributed by atoms with Crippen molar-refractivity contribution in [2.45, 2.75) is 19.5 Å². The number of carbonyl (C=O) groups is 1. The summed E-state index contributed by atoms with van der Waals surface area (Å²) in [5.41, 5.74) is 1.78. The number of fused-ring (bicyclic) bond motifs is 1. The van der Waals surface area contributed by atoms with Crippen LogP contribution in [-0.2, 0) is 9.53 Å². The summed E-state index contributed by atoms with van der Waals surface area (Å²) in [6, 6.07) is 15.2. The van der Waals surface area contributed by atoms with Gasteiger partial charge >= 0.3 is 12.6 Å². The molecule has 1 unspecified atom stereocenters. The Hall–Kier alpha value is -4.08. The molecule has 2 aromatic carbocycles. The lowest BCUT2D eigenvalue weighted by molar-refractivity contribution is -0.145. The second kappa shape index (κ2) is 10.0. The number of alkyl halides is 2. The highest BCUT2D eigenvalue weighted by Crippen LogP contribution is 2.26. The number of halogens is 2. The average molecular weight is 454 g/mol. The molecule has 0 fully saturated rings. The van der Waals surface area contributed by atoms with Gasteiger partial charge in [0, 0.05) is 5.56 Å². The van der Waals surface area contributed by atoms with Gasteiger partial charge in [-0.15, -0.1) is 10.2 Å². The first kappa shape index (κ1) is 22.1. The zero-order valence-electron chi connectivity index (χ0n) is 17.6. The van der Waals surface area contributed by atoms with Gasteiger partial charge in [0.05, 0.1) is 19.0 Å². The zero-order valence-corrected chi connectivity index (χ0v) is 17.6. The summed E-state index contributed by atoms with van der Waals surface area (Å²) in [5, 5.41) is 8.28. The van der Waals surface area contributed by atoms with Crippen molar-refractivity contribution in [2.75, 3.05) is 13.2 Å². The number of ether oxygens (including phenoxy) is 3. The number of carbonyl (C=O) groups excluding carboxylic acids is 1. The normalized spacial score (nSPS) is 12.0. The smallest absolute Gasteiger partial charge is 0.387 e. The molecular weight excluding hydrogens is 434 g/mol. The number of hydrogen-bond acceptors (Lipinski definition) is 7. The lowest BCUT2D eigenvalue weighted by Crippen LogP contribution is -2.23. The third-order valence-electron chi connectivity index (χ3n) is 4.79. The van der Waals surface area contributed by atoms with E-state index in [0.717, 1.165) is 5.56 Å². The van der Waals surface area contributed by atoms with Crippen LogP contribution in [0.5, 0.6) is 11.6 Å². The van der Waals surface area contributed by atoms with Crippen LogP contribution in [-0.4, -0.2) is 45.4 Å². The highest BCUT2D eigenvalue weighted by atomic mass is 19.3. The molecule has 1 atom stereocenters. The standard InChI is InChI=1S/C23H20F2N4O4/c1-2-31-22(30)18(15-6-4-3-5-7-15)14-32-20-13-26-12-19-27-28-21(29(19)20)16-8-10-17(11-9-16)33-23(24)25/h3-13,18,23H,2,14H2,1H3. The second-order valence-electron chi connectivity index (χ2n) is 6.89. The molecule has 0 amide bonds. The van der Waals surface area contributed by atoms with Crippen LogP contribution in [0, 0.1) is 0 Å². The van der Waals surface area contributed by atoms with E-state index >= 15 is 0 Å². The van der Waals surface area contributed by atoms with Crippen LogP contribution in [0.2, 0.25) is 0 Å². The lowest BCUT2D eigenvalue weighted by atomic mass is 10.0. The topological polar surface area (TPSA) is 87.8 Å². The Kier molecular flexibility index (Phi) is 6.72. The third kappa shape index (κ3) is 5.05. The fraction of sp³-hybridized carbons (Fsp3) is 0.217. The number of benzene rings is 2. The van der Waals surface area contributed by atoms with Crippen LogP contribution in [0.25, 0.3) is 17.0 Å². The monoisotopic (exact) mass is 454 g/mol. The molecule has 0 N–H and O–H groups in total. The van der Waals surface area contributed by atoms with Crippen LogP contribution in [0.3, 0.4) is 0 Å². The molecule has 33 heavy (non-hydrogen) atoms. The first-order valence-corrected chi connectivity index (χ1v) is 10.2. The fourth-order valence-corrected chi connectivity index (χ4v) is 3.29. The SMILES string of the molecule is CCOC(=O)C(COc1cncc2nnc(-c3ccc(OC(F)F)cc3)n12)c1ccccc1. The largest absolute Gasteiger partial charge is 0.476 e.